The lowest BCUT2D eigenvalue weighted by Gasteiger charge is -2.12. The Morgan fingerprint density at radius 1 is 1.30 bits per heavy atom. The van der Waals surface area contributed by atoms with Crippen LogP contribution in [0.2, 0.25) is 0 Å². The van der Waals surface area contributed by atoms with Crippen molar-refractivity contribution in [1.29, 1.82) is 0 Å². The third-order valence-electron chi connectivity index (χ3n) is 3.89. The summed E-state index contributed by atoms with van der Waals surface area (Å²) in [6, 6.07) is 6.86. The molecule has 3 rings (SSSR count). The predicted molar refractivity (Wildman–Crippen MR) is 87.7 cm³/mol. The quantitative estimate of drug-likeness (QED) is 0.689. The van der Waals surface area contributed by atoms with E-state index < -0.39 is 10.0 Å². The molecule has 1 atom stereocenters. The molecule has 0 radical (unpaired) electrons. The van der Waals surface area contributed by atoms with E-state index in [1.165, 1.54) is 0 Å². The zero-order valence-corrected chi connectivity index (χ0v) is 13.7. The third kappa shape index (κ3) is 4.43. The molecular formula is C15H22N4O3S. The zero-order valence-electron chi connectivity index (χ0n) is 12.9. The molecule has 2 aliphatic heterocycles. The molecule has 0 bridgehead atoms. The average molecular weight is 338 g/mol. The topological polar surface area (TPSA) is 91.8 Å². The lowest BCUT2D eigenvalue weighted by molar-refractivity contribution is 0.114. The summed E-state index contributed by atoms with van der Waals surface area (Å²) in [6.07, 6.45) is 1.90. The Morgan fingerprint density at radius 2 is 2.13 bits per heavy atom. The minimum absolute atomic E-state index is 0.00654. The Labute approximate surface area is 136 Å². The van der Waals surface area contributed by atoms with Crippen molar-refractivity contribution in [3.05, 3.63) is 29.8 Å². The van der Waals surface area contributed by atoms with Crippen molar-refractivity contribution in [1.82, 2.24) is 15.4 Å². The van der Waals surface area contributed by atoms with Crippen molar-refractivity contribution in [3.8, 4) is 0 Å². The summed E-state index contributed by atoms with van der Waals surface area (Å²) < 4.78 is 32.6. The highest BCUT2D eigenvalue weighted by atomic mass is 32.2. The van der Waals surface area contributed by atoms with E-state index in [1.807, 2.05) is 12.1 Å². The number of nitrogens with zero attached hydrogens (tertiary/aromatic N) is 1. The minimum Gasteiger partial charge on any atom is -0.377 e. The van der Waals surface area contributed by atoms with E-state index in [0.717, 1.165) is 37.5 Å². The summed E-state index contributed by atoms with van der Waals surface area (Å²) in [7, 11) is -3.48. The van der Waals surface area contributed by atoms with Crippen LogP contribution in [0.1, 0.15) is 18.4 Å². The second-order valence-electron chi connectivity index (χ2n) is 5.64. The number of benzene rings is 1. The van der Waals surface area contributed by atoms with Crippen LogP contribution in [0.5, 0.6) is 0 Å². The van der Waals surface area contributed by atoms with Gasteiger partial charge in [0, 0.05) is 26.2 Å². The molecule has 2 heterocycles. The van der Waals surface area contributed by atoms with Crippen molar-refractivity contribution in [2.24, 2.45) is 4.99 Å². The Bertz CT molecular complexity index is 652. The number of hydrogen-bond acceptors (Lipinski definition) is 6. The second kappa shape index (κ2) is 7.29. The first-order valence-electron chi connectivity index (χ1n) is 7.86. The van der Waals surface area contributed by atoms with E-state index in [4.69, 9.17) is 4.74 Å². The number of ether oxygens (including phenoxy) is 1. The largest absolute Gasteiger partial charge is 0.377 e. The van der Waals surface area contributed by atoms with Gasteiger partial charge in [0.25, 0.3) is 0 Å². The van der Waals surface area contributed by atoms with Crippen LogP contribution in [-0.2, 0) is 21.3 Å². The van der Waals surface area contributed by atoms with E-state index >= 15 is 0 Å². The van der Waals surface area contributed by atoms with Gasteiger partial charge >= 0.3 is 0 Å². The van der Waals surface area contributed by atoms with Crippen molar-refractivity contribution in [3.63, 3.8) is 0 Å². The molecule has 7 nitrogen and oxygen atoms in total. The lowest BCUT2D eigenvalue weighted by atomic mass is 10.2. The standard InChI is InChI=1S/C15H22N4O3S/c20-23(21,19-11-13-2-1-9-22-13)14-5-3-12(4-6-14)10-18-15-16-7-8-17-15/h3-6,13,19H,1-2,7-11H2,(H2,16,17,18)/t13-/m1/s1. The summed E-state index contributed by atoms with van der Waals surface area (Å²) in [5.74, 6) is 0.792. The highest BCUT2D eigenvalue weighted by Gasteiger charge is 2.20. The van der Waals surface area contributed by atoms with Crippen LogP contribution >= 0.6 is 0 Å². The molecule has 1 aromatic carbocycles. The maximum absolute atomic E-state index is 12.3. The van der Waals surface area contributed by atoms with Crippen LogP contribution in [0.15, 0.2) is 34.2 Å². The van der Waals surface area contributed by atoms with Gasteiger partial charge in [-0.1, -0.05) is 12.1 Å². The van der Waals surface area contributed by atoms with Crippen molar-refractivity contribution < 1.29 is 13.2 Å². The van der Waals surface area contributed by atoms with Gasteiger partial charge in [-0.2, -0.15) is 0 Å². The normalized spacial score (nSPS) is 21.0. The van der Waals surface area contributed by atoms with Gasteiger partial charge in [-0.05, 0) is 30.5 Å². The fraction of sp³-hybridized carbons (Fsp3) is 0.533. The van der Waals surface area contributed by atoms with Crippen molar-refractivity contribution in [2.45, 2.75) is 30.4 Å². The molecule has 2 aliphatic rings. The van der Waals surface area contributed by atoms with Gasteiger partial charge in [-0.25, -0.2) is 13.1 Å². The molecule has 0 amide bonds. The van der Waals surface area contributed by atoms with Gasteiger partial charge in [0.2, 0.25) is 10.0 Å². The van der Waals surface area contributed by atoms with Gasteiger partial charge < -0.3 is 15.4 Å². The minimum atomic E-state index is -3.48. The summed E-state index contributed by atoms with van der Waals surface area (Å²) >= 11 is 0. The second-order valence-corrected chi connectivity index (χ2v) is 7.41. The molecule has 1 saturated heterocycles. The van der Waals surface area contributed by atoms with E-state index in [0.29, 0.717) is 19.7 Å². The molecule has 1 aromatic rings. The molecule has 23 heavy (non-hydrogen) atoms. The van der Waals surface area contributed by atoms with E-state index in [-0.39, 0.29) is 11.0 Å². The average Bonchev–Trinajstić information content (AvgIpc) is 3.25. The fourth-order valence-electron chi connectivity index (χ4n) is 2.58. The maximum atomic E-state index is 12.3. The van der Waals surface area contributed by atoms with Gasteiger partial charge in [-0.3, -0.25) is 4.99 Å². The number of aliphatic imine (C=N–C) groups is 1. The molecule has 0 aromatic heterocycles. The highest BCUT2D eigenvalue weighted by molar-refractivity contribution is 7.89. The third-order valence-corrected chi connectivity index (χ3v) is 5.33. The molecular weight excluding hydrogens is 316 g/mol. The maximum Gasteiger partial charge on any atom is 0.240 e. The van der Waals surface area contributed by atoms with E-state index in [1.54, 1.807) is 12.1 Å². The van der Waals surface area contributed by atoms with Gasteiger partial charge in [-0.15, -0.1) is 0 Å². The number of sulfonamides is 1. The SMILES string of the molecule is O=S(=O)(NC[C@H]1CCCO1)c1ccc(CNC2=NCCN2)cc1. The number of hydrogen-bond donors (Lipinski definition) is 3. The molecule has 1 fully saturated rings. The van der Waals surface area contributed by atoms with Crippen LogP contribution in [0.4, 0.5) is 0 Å². The molecule has 126 valence electrons. The first-order valence-corrected chi connectivity index (χ1v) is 9.34. The van der Waals surface area contributed by atoms with Crippen LogP contribution in [0.25, 0.3) is 0 Å². The number of guanidine groups is 1. The number of nitrogens with one attached hydrogen (secondary N) is 3. The van der Waals surface area contributed by atoms with Crippen molar-refractivity contribution >= 4 is 16.0 Å². The number of rotatable bonds is 6. The Kier molecular flexibility index (Phi) is 5.14. The molecule has 0 aliphatic carbocycles. The molecule has 8 heteroatoms. The van der Waals surface area contributed by atoms with E-state index in [2.05, 4.69) is 20.3 Å². The Balaban J connectivity index is 1.54. The van der Waals surface area contributed by atoms with Crippen molar-refractivity contribution in [2.75, 3.05) is 26.2 Å². The zero-order chi connectivity index (χ0) is 16.1. The van der Waals surface area contributed by atoms with Crippen LogP contribution in [-0.4, -0.2) is 46.7 Å². The molecule has 0 unspecified atom stereocenters. The summed E-state index contributed by atoms with van der Waals surface area (Å²) in [4.78, 5) is 4.52. The highest BCUT2D eigenvalue weighted by Crippen LogP contribution is 2.14. The molecule has 0 saturated carbocycles. The first-order chi connectivity index (χ1) is 11.1. The van der Waals surface area contributed by atoms with Gasteiger partial charge in [0.05, 0.1) is 17.5 Å². The van der Waals surface area contributed by atoms with Gasteiger partial charge in [0.15, 0.2) is 5.96 Å². The monoisotopic (exact) mass is 338 g/mol. The van der Waals surface area contributed by atoms with Crippen LogP contribution in [0, 0.1) is 0 Å². The summed E-state index contributed by atoms with van der Waals surface area (Å²) in [6.45, 7) is 3.30. The fourth-order valence-corrected chi connectivity index (χ4v) is 3.65. The lowest BCUT2D eigenvalue weighted by Crippen LogP contribution is -2.33. The summed E-state index contributed by atoms with van der Waals surface area (Å²) in [5, 5.41) is 6.30. The molecule has 3 N–H and O–H groups in total. The Morgan fingerprint density at radius 3 is 2.78 bits per heavy atom. The predicted octanol–water partition coefficient (Wildman–Crippen LogP) is 0.193. The van der Waals surface area contributed by atoms with Crippen LogP contribution < -0.4 is 15.4 Å². The summed E-state index contributed by atoms with van der Waals surface area (Å²) in [5.41, 5.74) is 1.000. The Hall–Kier alpha value is -1.64. The van der Waals surface area contributed by atoms with E-state index in [9.17, 15) is 8.42 Å². The van der Waals surface area contributed by atoms with Crippen LogP contribution in [0.3, 0.4) is 0 Å². The molecule has 0 spiro atoms. The smallest absolute Gasteiger partial charge is 0.240 e. The first kappa shape index (κ1) is 16.2. The van der Waals surface area contributed by atoms with Gasteiger partial charge in [0.1, 0.15) is 0 Å².